The molecule has 0 radical (unpaired) electrons. The highest BCUT2D eigenvalue weighted by atomic mass is 79.9. The molecular weight excluding hydrogens is 416 g/mol. The summed E-state index contributed by atoms with van der Waals surface area (Å²) in [5.41, 5.74) is -0.431. The van der Waals surface area contributed by atoms with E-state index in [1.807, 2.05) is 0 Å². The molecule has 7 nitrogen and oxygen atoms in total. The van der Waals surface area contributed by atoms with E-state index in [-0.39, 0.29) is 5.69 Å². The molecule has 2 aromatic carbocycles. The Morgan fingerprint density at radius 3 is 1.93 bits per heavy atom. The van der Waals surface area contributed by atoms with Gasteiger partial charge in [-0.1, -0.05) is 56.5 Å². The van der Waals surface area contributed by atoms with Crippen molar-refractivity contribution in [1.29, 1.82) is 0 Å². The van der Waals surface area contributed by atoms with Crippen LogP contribution in [-0.2, 0) is 0 Å². The van der Waals surface area contributed by atoms with Gasteiger partial charge in [0.2, 0.25) is 0 Å². The van der Waals surface area contributed by atoms with Gasteiger partial charge in [-0.2, -0.15) is 0 Å². The quantitative estimate of drug-likeness (QED) is 0.239. The van der Waals surface area contributed by atoms with E-state index in [4.69, 9.17) is 0 Å². The third-order valence-corrected chi connectivity index (χ3v) is 3.17. The predicted molar refractivity (Wildman–Crippen MR) is 110 cm³/mol. The topological polar surface area (TPSA) is 113 Å². The average molecular weight is 441 g/mol. The lowest BCUT2D eigenvalue weighted by Gasteiger charge is -2.07. The van der Waals surface area contributed by atoms with E-state index in [2.05, 4.69) is 48.9 Å². The molecule has 0 aromatic heterocycles. The largest absolute Gasteiger partial charge is 0.504 e. The standard InChI is InChI=1S/C13H9BrN2O5.2C3H8/c14-8-3-1-7(2-4-8)13(19)15-9-5-11(17)12(18)6-10(9)16(20)21;2*1-3-2/h1-6,17-18H,(H,15,19);2*3H2,1-2H3. The highest BCUT2D eigenvalue weighted by Crippen LogP contribution is 2.36. The number of halogens is 1. The molecule has 2 rings (SSSR count). The summed E-state index contributed by atoms with van der Waals surface area (Å²) in [4.78, 5) is 22.1. The monoisotopic (exact) mass is 440 g/mol. The summed E-state index contributed by atoms with van der Waals surface area (Å²) in [7, 11) is 0. The molecule has 0 heterocycles. The summed E-state index contributed by atoms with van der Waals surface area (Å²) in [6.07, 6.45) is 2.50. The molecule has 0 atom stereocenters. The molecule has 148 valence electrons. The van der Waals surface area contributed by atoms with Crippen molar-refractivity contribution in [2.75, 3.05) is 5.32 Å². The number of anilines is 1. The highest BCUT2D eigenvalue weighted by Gasteiger charge is 2.20. The highest BCUT2D eigenvalue weighted by molar-refractivity contribution is 9.10. The number of hydrogen-bond donors (Lipinski definition) is 3. The number of nitro groups is 1. The van der Waals surface area contributed by atoms with Crippen molar-refractivity contribution in [2.24, 2.45) is 0 Å². The fourth-order valence-electron chi connectivity index (χ4n) is 1.61. The van der Waals surface area contributed by atoms with Gasteiger partial charge in [-0.05, 0) is 24.3 Å². The van der Waals surface area contributed by atoms with Crippen molar-refractivity contribution >= 4 is 33.2 Å². The maximum atomic E-state index is 12.0. The molecule has 3 N–H and O–H groups in total. The number of benzene rings is 2. The summed E-state index contributed by atoms with van der Waals surface area (Å²) in [6, 6.07) is 8.06. The number of phenols is 2. The average Bonchev–Trinajstić information content (AvgIpc) is 2.59. The molecule has 0 bridgehead atoms. The van der Waals surface area contributed by atoms with Crippen LogP contribution in [0, 0.1) is 10.1 Å². The zero-order valence-electron chi connectivity index (χ0n) is 15.8. The van der Waals surface area contributed by atoms with Crippen LogP contribution in [0.2, 0.25) is 0 Å². The fraction of sp³-hybridized carbons (Fsp3) is 0.316. The lowest BCUT2D eigenvalue weighted by atomic mass is 10.2. The first kappa shape index (κ1) is 24.4. The second kappa shape index (κ2) is 12.7. The van der Waals surface area contributed by atoms with Crippen molar-refractivity contribution in [2.45, 2.75) is 40.5 Å². The second-order valence-corrected chi connectivity index (χ2v) is 6.41. The van der Waals surface area contributed by atoms with E-state index in [9.17, 15) is 25.1 Å². The van der Waals surface area contributed by atoms with Crippen LogP contribution in [0.25, 0.3) is 0 Å². The normalized spacial score (nSPS) is 9.22. The van der Waals surface area contributed by atoms with Gasteiger partial charge in [0.05, 0.1) is 11.0 Å². The van der Waals surface area contributed by atoms with Gasteiger partial charge >= 0.3 is 0 Å². The minimum absolute atomic E-state index is 0.205. The second-order valence-electron chi connectivity index (χ2n) is 5.49. The van der Waals surface area contributed by atoms with Crippen LogP contribution in [-0.4, -0.2) is 21.0 Å². The van der Waals surface area contributed by atoms with Crippen molar-refractivity contribution < 1.29 is 19.9 Å². The number of phenolic OH excluding ortho intramolecular Hbond substituents is 2. The summed E-state index contributed by atoms with van der Waals surface area (Å²) < 4.78 is 0.785. The van der Waals surface area contributed by atoms with Crippen LogP contribution < -0.4 is 5.32 Å². The zero-order chi connectivity index (χ0) is 21.0. The summed E-state index contributed by atoms with van der Waals surface area (Å²) >= 11 is 3.23. The van der Waals surface area contributed by atoms with Crippen LogP contribution in [0.3, 0.4) is 0 Å². The van der Waals surface area contributed by atoms with Crippen molar-refractivity contribution in [3.05, 3.63) is 56.5 Å². The smallest absolute Gasteiger partial charge is 0.296 e. The van der Waals surface area contributed by atoms with Crippen molar-refractivity contribution in [1.82, 2.24) is 0 Å². The first-order valence-corrected chi connectivity index (χ1v) is 9.28. The molecule has 0 fully saturated rings. The number of aromatic hydroxyl groups is 2. The predicted octanol–water partition coefficient (Wildman–Crippen LogP) is 5.85. The minimum atomic E-state index is -0.768. The summed E-state index contributed by atoms with van der Waals surface area (Å²) in [5.74, 6) is -1.77. The van der Waals surface area contributed by atoms with E-state index in [0.717, 1.165) is 16.6 Å². The maximum Gasteiger partial charge on any atom is 0.296 e. The molecule has 27 heavy (non-hydrogen) atoms. The first-order valence-electron chi connectivity index (χ1n) is 8.48. The molecule has 0 unspecified atom stereocenters. The third-order valence-electron chi connectivity index (χ3n) is 2.64. The number of amides is 1. The Balaban J connectivity index is 0.000000997. The molecule has 0 saturated heterocycles. The van der Waals surface area contributed by atoms with E-state index in [1.165, 1.54) is 25.0 Å². The third kappa shape index (κ3) is 8.54. The van der Waals surface area contributed by atoms with Gasteiger partial charge in [0.25, 0.3) is 11.6 Å². The Bertz CT molecular complexity index is 747. The number of carbonyl (C=O) groups excluding carboxylic acids is 1. The van der Waals surface area contributed by atoms with Crippen LogP contribution in [0.4, 0.5) is 11.4 Å². The van der Waals surface area contributed by atoms with Gasteiger partial charge in [0, 0.05) is 16.1 Å². The molecular formula is C19H25BrN2O5. The number of carbonyl (C=O) groups is 1. The number of hydrogen-bond acceptors (Lipinski definition) is 5. The van der Waals surface area contributed by atoms with E-state index >= 15 is 0 Å². The minimum Gasteiger partial charge on any atom is -0.504 e. The fourth-order valence-corrected chi connectivity index (χ4v) is 1.88. The number of nitrogens with one attached hydrogen (secondary N) is 1. The summed E-state index contributed by atoms with van der Waals surface area (Å²) in [5, 5.41) is 31.9. The number of nitrogens with zero attached hydrogens (tertiary/aromatic N) is 1. The van der Waals surface area contributed by atoms with Crippen molar-refractivity contribution in [3.8, 4) is 11.5 Å². The van der Waals surface area contributed by atoms with Crippen LogP contribution in [0.5, 0.6) is 11.5 Å². The van der Waals surface area contributed by atoms with E-state index in [0.29, 0.717) is 5.56 Å². The SMILES string of the molecule is CCC.CCC.O=C(Nc1cc(O)c(O)cc1[N+](=O)[O-])c1ccc(Br)cc1. The molecule has 0 aliphatic heterocycles. The Kier molecular flexibility index (Phi) is 11.5. The zero-order valence-corrected chi connectivity index (χ0v) is 17.4. The van der Waals surface area contributed by atoms with Gasteiger partial charge in [-0.15, -0.1) is 0 Å². The molecule has 2 aromatic rings. The Morgan fingerprint density at radius 1 is 1.04 bits per heavy atom. The number of rotatable bonds is 3. The maximum absolute atomic E-state index is 12.0. The van der Waals surface area contributed by atoms with Gasteiger partial charge in [-0.25, -0.2) is 0 Å². The van der Waals surface area contributed by atoms with Gasteiger partial charge in [0.1, 0.15) is 5.69 Å². The lowest BCUT2D eigenvalue weighted by molar-refractivity contribution is -0.384. The van der Waals surface area contributed by atoms with Gasteiger partial charge in [-0.3, -0.25) is 14.9 Å². The molecule has 0 aliphatic rings. The van der Waals surface area contributed by atoms with Gasteiger partial charge < -0.3 is 15.5 Å². The van der Waals surface area contributed by atoms with Gasteiger partial charge in [0.15, 0.2) is 11.5 Å². The Morgan fingerprint density at radius 2 is 1.48 bits per heavy atom. The molecule has 0 saturated carbocycles. The van der Waals surface area contributed by atoms with Crippen LogP contribution >= 0.6 is 15.9 Å². The van der Waals surface area contributed by atoms with Crippen molar-refractivity contribution in [3.63, 3.8) is 0 Å². The molecule has 8 heteroatoms. The Labute approximate surface area is 167 Å². The van der Waals surface area contributed by atoms with Crippen LogP contribution in [0.15, 0.2) is 40.9 Å². The Hall–Kier alpha value is -2.61. The first-order chi connectivity index (χ1) is 12.7. The molecule has 0 spiro atoms. The molecule has 1 amide bonds. The lowest BCUT2D eigenvalue weighted by Crippen LogP contribution is -2.13. The molecule has 0 aliphatic carbocycles. The van der Waals surface area contributed by atoms with E-state index in [1.54, 1.807) is 12.1 Å². The van der Waals surface area contributed by atoms with E-state index < -0.39 is 28.0 Å². The number of nitro benzene ring substituents is 1. The summed E-state index contributed by atoms with van der Waals surface area (Å²) in [6.45, 7) is 8.50. The van der Waals surface area contributed by atoms with Crippen LogP contribution in [0.1, 0.15) is 50.9 Å².